The second-order valence-corrected chi connectivity index (χ2v) is 4.22. The smallest absolute Gasteiger partial charge is 0.255 e. The highest BCUT2D eigenvalue weighted by Crippen LogP contribution is 2.22. The van der Waals surface area contributed by atoms with E-state index in [1.807, 2.05) is 11.0 Å². The zero-order valence-electron chi connectivity index (χ0n) is 9.33. The van der Waals surface area contributed by atoms with Crippen LogP contribution in [-0.4, -0.2) is 29.6 Å². The molecule has 1 fully saturated rings. The molecule has 1 amide bonds. The third kappa shape index (κ3) is 1.87. The molecule has 0 aromatic rings. The summed E-state index contributed by atoms with van der Waals surface area (Å²) in [5.41, 5.74) is 7.08. The molecule has 1 aliphatic carbocycles. The zero-order chi connectivity index (χ0) is 11.5. The van der Waals surface area contributed by atoms with Gasteiger partial charge in [0.15, 0.2) is 0 Å². The molecule has 1 aliphatic heterocycles. The summed E-state index contributed by atoms with van der Waals surface area (Å²) in [6.07, 6.45) is 7.05. The Kier molecular flexibility index (Phi) is 3.08. The molecule has 0 spiro atoms. The van der Waals surface area contributed by atoms with Gasteiger partial charge in [-0.2, -0.15) is 0 Å². The summed E-state index contributed by atoms with van der Waals surface area (Å²) < 4.78 is 0. The molecule has 2 rings (SSSR count). The van der Waals surface area contributed by atoms with E-state index in [4.69, 9.17) is 11.1 Å². The van der Waals surface area contributed by atoms with Crippen LogP contribution in [0.25, 0.3) is 0 Å². The average Bonchev–Trinajstić information content (AvgIpc) is 2.82. The number of amides is 1. The minimum atomic E-state index is 0.00144. The van der Waals surface area contributed by atoms with Gasteiger partial charge in [0.2, 0.25) is 0 Å². The number of hydrogen-bond acceptors (Lipinski definition) is 3. The van der Waals surface area contributed by atoms with Crippen molar-refractivity contribution in [3.05, 3.63) is 23.4 Å². The molecule has 4 heteroatoms. The first-order chi connectivity index (χ1) is 7.74. The Morgan fingerprint density at radius 2 is 2.12 bits per heavy atom. The van der Waals surface area contributed by atoms with Crippen LogP contribution in [0.4, 0.5) is 0 Å². The van der Waals surface area contributed by atoms with Gasteiger partial charge in [0.05, 0.1) is 11.3 Å². The van der Waals surface area contributed by atoms with Crippen molar-refractivity contribution < 1.29 is 4.79 Å². The fraction of sp³-hybridized carbons (Fsp3) is 0.500. The lowest BCUT2D eigenvalue weighted by Gasteiger charge is -2.21. The third-order valence-electron chi connectivity index (χ3n) is 3.18. The molecule has 2 aliphatic rings. The summed E-state index contributed by atoms with van der Waals surface area (Å²) in [6, 6.07) is 0. The number of likely N-dealkylation sites (tertiary alicyclic amines) is 1. The molecule has 4 nitrogen and oxygen atoms in total. The molecule has 3 N–H and O–H groups in total. The fourth-order valence-corrected chi connectivity index (χ4v) is 2.22. The van der Waals surface area contributed by atoms with Crippen molar-refractivity contribution in [1.29, 1.82) is 5.41 Å². The molecule has 0 radical (unpaired) electrons. The standard InChI is InChI=1S/C12H17N3O/c13-8-9-4-3-5-10(11(9)14)12(16)15-6-1-2-7-15/h5,8,14H,1-4,6-7,13H2. The van der Waals surface area contributed by atoms with E-state index in [1.165, 1.54) is 6.20 Å². The minimum absolute atomic E-state index is 0.00144. The van der Waals surface area contributed by atoms with Gasteiger partial charge in [0.1, 0.15) is 0 Å². The number of carbonyl (C=O) groups is 1. The maximum absolute atomic E-state index is 12.1. The maximum Gasteiger partial charge on any atom is 0.255 e. The summed E-state index contributed by atoms with van der Waals surface area (Å²) in [5, 5.41) is 7.93. The van der Waals surface area contributed by atoms with Crippen LogP contribution in [0.2, 0.25) is 0 Å². The maximum atomic E-state index is 12.1. The SMILES string of the molecule is N=C1C(=CN)CCC=C1C(=O)N1CCCC1. The van der Waals surface area contributed by atoms with E-state index < -0.39 is 0 Å². The molecular weight excluding hydrogens is 202 g/mol. The molecule has 16 heavy (non-hydrogen) atoms. The first kappa shape index (κ1) is 10.9. The van der Waals surface area contributed by atoms with Gasteiger partial charge in [-0.25, -0.2) is 0 Å². The van der Waals surface area contributed by atoms with Gasteiger partial charge in [-0.05, 0) is 37.5 Å². The Bertz CT molecular complexity index is 376. The zero-order valence-corrected chi connectivity index (χ0v) is 9.33. The molecule has 1 heterocycles. The topological polar surface area (TPSA) is 70.2 Å². The van der Waals surface area contributed by atoms with Gasteiger partial charge in [-0.3, -0.25) is 10.2 Å². The van der Waals surface area contributed by atoms with Crippen molar-refractivity contribution in [2.45, 2.75) is 25.7 Å². The van der Waals surface area contributed by atoms with Gasteiger partial charge in [0, 0.05) is 13.1 Å². The summed E-state index contributed by atoms with van der Waals surface area (Å²) in [6.45, 7) is 1.65. The van der Waals surface area contributed by atoms with E-state index in [-0.39, 0.29) is 5.91 Å². The quantitative estimate of drug-likeness (QED) is 0.695. The Labute approximate surface area is 95.3 Å². The Morgan fingerprint density at radius 3 is 2.75 bits per heavy atom. The number of hydrogen-bond donors (Lipinski definition) is 2. The number of nitrogens with one attached hydrogen (secondary N) is 1. The van der Waals surface area contributed by atoms with Crippen LogP contribution in [0.15, 0.2) is 23.4 Å². The van der Waals surface area contributed by atoms with Gasteiger partial charge in [-0.1, -0.05) is 6.08 Å². The predicted molar refractivity (Wildman–Crippen MR) is 63.1 cm³/mol. The monoisotopic (exact) mass is 219 g/mol. The van der Waals surface area contributed by atoms with Crippen molar-refractivity contribution in [2.75, 3.05) is 13.1 Å². The van der Waals surface area contributed by atoms with Crippen LogP contribution in [0.5, 0.6) is 0 Å². The van der Waals surface area contributed by atoms with Crippen LogP contribution in [0.1, 0.15) is 25.7 Å². The van der Waals surface area contributed by atoms with Crippen LogP contribution < -0.4 is 5.73 Å². The molecule has 0 aromatic carbocycles. The highest BCUT2D eigenvalue weighted by molar-refractivity contribution is 6.27. The van der Waals surface area contributed by atoms with Gasteiger partial charge in [0.25, 0.3) is 5.91 Å². The lowest BCUT2D eigenvalue weighted by Crippen LogP contribution is -2.33. The van der Waals surface area contributed by atoms with E-state index in [9.17, 15) is 4.79 Å². The lowest BCUT2D eigenvalue weighted by molar-refractivity contribution is -0.125. The second-order valence-electron chi connectivity index (χ2n) is 4.22. The van der Waals surface area contributed by atoms with Gasteiger partial charge >= 0.3 is 0 Å². The van der Waals surface area contributed by atoms with E-state index in [0.29, 0.717) is 11.3 Å². The van der Waals surface area contributed by atoms with Gasteiger partial charge < -0.3 is 10.6 Å². The third-order valence-corrected chi connectivity index (χ3v) is 3.18. The normalized spacial score (nSPS) is 23.8. The molecule has 0 bridgehead atoms. The van der Waals surface area contributed by atoms with Crippen molar-refractivity contribution in [3.8, 4) is 0 Å². The summed E-state index contributed by atoms with van der Waals surface area (Å²) in [5.74, 6) is 0.00144. The second kappa shape index (κ2) is 4.51. The molecule has 0 unspecified atom stereocenters. The molecule has 1 saturated heterocycles. The van der Waals surface area contributed by atoms with Crippen molar-refractivity contribution >= 4 is 11.6 Å². The van der Waals surface area contributed by atoms with Crippen LogP contribution in [0.3, 0.4) is 0 Å². The molecule has 86 valence electrons. The van der Waals surface area contributed by atoms with Crippen molar-refractivity contribution in [1.82, 2.24) is 4.90 Å². The number of carbonyl (C=O) groups excluding carboxylic acids is 1. The highest BCUT2D eigenvalue weighted by Gasteiger charge is 2.26. The Hall–Kier alpha value is -1.58. The summed E-state index contributed by atoms with van der Waals surface area (Å²) in [7, 11) is 0. The molecule has 0 aromatic heterocycles. The summed E-state index contributed by atoms with van der Waals surface area (Å²) in [4.78, 5) is 14.0. The number of nitrogens with two attached hydrogens (primary N) is 1. The van der Waals surface area contributed by atoms with E-state index >= 15 is 0 Å². The lowest BCUT2D eigenvalue weighted by atomic mass is 9.92. The van der Waals surface area contributed by atoms with Crippen LogP contribution in [0, 0.1) is 5.41 Å². The van der Waals surface area contributed by atoms with Crippen molar-refractivity contribution in [3.63, 3.8) is 0 Å². The number of nitrogens with zero attached hydrogens (tertiary/aromatic N) is 1. The Balaban J connectivity index is 2.17. The number of allylic oxidation sites excluding steroid dienone is 2. The van der Waals surface area contributed by atoms with Gasteiger partial charge in [-0.15, -0.1) is 0 Å². The predicted octanol–water partition coefficient (Wildman–Crippen LogP) is 1.19. The van der Waals surface area contributed by atoms with Crippen LogP contribution in [-0.2, 0) is 4.79 Å². The van der Waals surface area contributed by atoms with E-state index in [0.717, 1.165) is 44.3 Å². The first-order valence-electron chi connectivity index (χ1n) is 5.73. The van der Waals surface area contributed by atoms with E-state index in [2.05, 4.69) is 0 Å². The van der Waals surface area contributed by atoms with Crippen LogP contribution >= 0.6 is 0 Å². The Morgan fingerprint density at radius 1 is 1.44 bits per heavy atom. The average molecular weight is 219 g/mol. The minimum Gasteiger partial charge on any atom is -0.404 e. The largest absolute Gasteiger partial charge is 0.404 e. The first-order valence-corrected chi connectivity index (χ1v) is 5.73. The summed E-state index contributed by atoms with van der Waals surface area (Å²) >= 11 is 0. The van der Waals surface area contributed by atoms with Crippen molar-refractivity contribution in [2.24, 2.45) is 5.73 Å². The van der Waals surface area contributed by atoms with E-state index in [1.54, 1.807) is 0 Å². The fourth-order valence-electron chi connectivity index (χ4n) is 2.22. The molecular formula is C12H17N3O. The molecule has 0 atom stereocenters. The number of rotatable bonds is 1. The highest BCUT2D eigenvalue weighted by atomic mass is 16.2. The molecule has 0 saturated carbocycles.